The van der Waals surface area contributed by atoms with Crippen molar-refractivity contribution < 1.29 is 14.2 Å². The van der Waals surface area contributed by atoms with Gasteiger partial charge in [0, 0.05) is 11.1 Å². The van der Waals surface area contributed by atoms with Gasteiger partial charge in [0.25, 0.3) is 0 Å². The topological polar surface area (TPSA) is 51.5 Å². The Kier molecular flexibility index (Phi) is 4.68. The summed E-state index contributed by atoms with van der Waals surface area (Å²) in [5, 5.41) is 8.79. The summed E-state index contributed by atoms with van der Waals surface area (Å²) in [6, 6.07) is 13.6. The highest BCUT2D eigenvalue weighted by atomic mass is 16.5. The number of rotatable bonds is 5. The molecule has 0 saturated heterocycles. The van der Waals surface area contributed by atoms with Crippen molar-refractivity contribution in [3.8, 4) is 34.4 Å². The van der Waals surface area contributed by atoms with Crippen molar-refractivity contribution in [2.75, 3.05) is 21.3 Å². The lowest BCUT2D eigenvalue weighted by molar-refractivity contribution is 0.356. The molecule has 0 aliphatic carbocycles. The molecule has 0 atom stereocenters. The van der Waals surface area contributed by atoms with Crippen molar-refractivity contribution in [3.63, 3.8) is 0 Å². The fraction of sp³-hybridized carbons (Fsp3) is 0.235. The SMILES string of the molecule is COc1cc(CC#N)ccc1-c1cccc(OC)c1OC. The first-order chi connectivity index (χ1) is 10.2. The van der Waals surface area contributed by atoms with Crippen LogP contribution in [0, 0.1) is 11.3 Å². The molecule has 2 aromatic carbocycles. The molecule has 0 unspecified atom stereocenters. The van der Waals surface area contributed by atoms with E-state index >= 15 is 0 Å². The molecule has 4 nitrogen and oxygen atoms in total. The zero-order valence-corrected chi connectivity index (χ0v) is 12.3. The second-order valence-electron chi connectivity index (χ2n) is 4.41. The van der Waals surface area contributed by atoms with Gasteiger partial charge in [-0.1, -0.05) is 24.3 Å². The molecule has 0 heterocycles. The molecular formula is C17H17NO3. The summed E-state index contributed by atoms with van der Waals surface area (Å²) in [5.41, 5.74) is 2.70. The molecule has 0 saturated carbocycles. The van der Waals surface area contributed by atoms with Crippen LogP contribution in [0.5, 0.6) is 17.2 Å². The summed E-state index contributed by atoms with van der Waals surface area (Å²) in [4.78, 5) is 0. The molecular weight excluding hydrogens is 266 g/mol. The normalized spacial score (nSPS) is 9.81. The Balaban J connectivity index is 2.59. The van der Waals surface area contributed by atoms with E-state index in [0.717, 1.165) is 16.7 Å². The predicted molar refractivity (Wildman–Crippen MR) is 80.9 cm³/mol. The number of nitriles is 1. The van der Waals surface area contributed by atoms with Gasteiger partial charge in [-0.2, -0.15) is 5.26 Å². The van der Waals surface area contributed by atoms with Crippen LogP contribution in [0.1, 0.15) is 5.56 Å². The third-order valence-corrected chi connectivity index (χ3v) is 3.24. The molecule has 0 aromatic heterocycles. The minimum absolute atomic E-state index is 0.353. The fourth-order valence-electron chi connectivity index (χ4n) is 2.26. The maximum Gasteiger partial charge on any atom is 0.168 e. The number of hydrogen-bond donors (Lipinski definition) is 0. The van der Waals surface area contributed by atoms with Crippen molar-refractivity contribution in [2.24, 2.45) is 0 Å². The van der Waals surface area contributed by atoms with Gasteiger partial charge in [-0.15, -0.1) is 0 Å². The van der Waals surface area contributed by atoms with Crippen LogP contribution in [0.2, 0.25) is 0 Å². The fourth-order valence-corrected chi connectivity index (χ4v) is 2.26. The monoisotopic (exact) mass is 283 g/mol. The van der Waals surface area contributed by atoms with E-state index in [4.69, 9.17) is 19.5 Å². The van der Waals surface area contributed by atoms with Gasteiger partial charge in [-0.25, -0.2) is 0 Å². The van der Waals surface area contributed by atoms with Gasteiger partial charge < -0.3 is 14.2 Å². The van der Waals surface area contributed by atoms with Gasteiger partial charge in [-0.05, 0) is 17.7 Å². The highest BCUT2D eigenvalue weighted by Crippen LogP contribution is 2.41. The van der Waals surface area contributed by atoms with Crippen molar-refractivity contribution >= 4 is 0 Å². The van der Waals surface area contributed by atoms with E-state index in [9.17, 15) is 0 Å². The van der Waals surface area contributed by atoms with Crippen molar-refractivity contribution in [2.45, 2.75) is 6.42 Å². The Morgan fingerprint density at radius 1 is 0.905 bits per heavy atom. The molecule has 0 aliphatic heterocycles. The molecule has 21 heavy (non-hydrogen) atoms. The van der Waals surface area contributed by atoms with Crippen LogP contribution in [0.3, 0.4) is 0 Å². The average molecular weight is 283 g/mol. The van der Waals surface area contributed by atoms with Gasteiger partial charge in [0.05, 0.1) is 33.8 Å². The summed E-state index contributed by atoms with van der Waals surface area (Å²) in [6.07, 6.45) is 0.353. The Labute approximate surface area is 124 Å². The first-order valence-electron chi connectivity index (χ1n) is 6.50. The van der Waals surface area contributed by atoms with E-state index < -0.39 is 0 Å². The van der Waals surface area contributed by atoms with E-state index in [2.05, 4.69) is 6.07 Å². The summed E-state index contributed by atoms with van der Waals surface area (Å²) >= 11 is 0. The molecule has 0 N–H and O–H groups in total. The largest absolute Gasteiger partial charge is 0.496 e. The highest BCUT2D eigenvalue weighted by molar-refractivity contribution is 5.78. The molecule has 2 aromatic rings. The molecule has 0 amide bonds. The van der Waals surface area contributed by atoms with E-state index in [1.54, 1.807) is 21.3 Å². The standard InChI is InChI=1S/C17H17NO3/c1-19-15-6-4-5-14(17(15)21-3)13-8-7-12(9-10-18)11-16(13)20-2/h4-8,11H,9H2,1-3H3. The van der Waals surface area contributed by atoms with Crippen molar-refractivity contribution in [1.82, 2.24) is 0 Å². The van der Waals surface area contributed by atoms with Crippen LogP contribution in [-0.2, 0) is 6.42 Å². The molecule has 2 rings (SSSR count). The summed E-state index contributed by atoms with van der Waals surface area (Å²) < 4.78 is 16.2. The van der Waals surface area contributed by atoms with Crippen LogP contribution in [0.15, 0.2) is 36.4 Å². The smallest absolute Gasteiger partial charge is 0.168 e. The number of ether oxygens (including phenoxy) is 3. The molecule has 0 bridgehead atoms. The summed E-state index contributed by atoms with van der Waals surface area (Å²) in [6.45, 7) is 0. The first-order valence-corrected chi connectivity index (χ1v) is 6.50. The summed E-state index contributed by atoms with van der Waals surface area (Å²) in [7, 11) is 4.83. The Hall–Kier alpha value is -2.67. The number of methoxy groups -OCH3 is 3. The average Bonchev–Trinajstić information content (AvgIpc) is 2.54. The van der Waals surface area contributed by atoms with Crippen LogP contribution < -0.4 is 14.2 Å². The van der Waals surface area contributed by atoms with Gasteiger partial charge in [0.1, 0.15) is 5.75 Å². The number of hydrogen-bond acceptors (Lipinski definition) is 4. The van der Waals surface area contributed by atoms with Gasteiger partial charge in [0.2, 0.25) is 0 Å². The van der Waals surface area contributed by atoms with E-state index in [0.29, 0.717) is 23.7 Å². The highest BCUT2D eigenvalue weighted by Gasteiger charge is 2.15. The lowest BCUT2D eigenvalue weighted by atomic mass is 10.0. The van der Waals surface area contributed by atoms with Gasteiger partial charge >= 0.3 is 0 Å². The summed E-state index contributed by atoms with van der Waals surface area (Å²) in [5.74, 6) is 2.03. The Morgan fingerprint density at radius 3 is 2.29 bits per heavy atom. The van der Waals surface area contributed by atoms with Crippen molar-refractivity contribution in [1.29, 1.82) is 5.26 Å². The number of nitrogens with zero attached hydrogens (tertiary/aromatic N) is 1. The zero-order valence-electron chi connectivity index (χ0n) is 12.3. The third-order valence-electron chi connectivity index (χ3n) is 3.24. The first kappa shape index (κ1) is 14.7. The van der Waals surface area contributed by atoms with Crippen LogP contribution in [0.4, 0.5) is 0 Å². The van der Waals surface area contributed by atoms with Crippen LogP contribution >= 0.6 is 0 Å². The third kappa shape index (κ3) is 2.92. The van der Waals surface area contributed by atoms with Crippen LogP contribution in [-0.4, -0.2) is 21.3 Å². The molecule has 108 valence electrons. The number of para-hydroxylation sites is 1. The Bertz CT molecular complexity index is 674. The van der Waals surface area contributed by atoms with Gasteiger partial charge in [-0.3, -0.25) is 0 Å². The molecule has 0 spiro atoms. The molecule has 0 radical (unpaired) electrons. The van der Waals surface area contributed by atoms with E-state index in [1.165, 1.54) is 0 Å². The maximum atomic E-state index is 8.79. The van der Waals surface area contributed by atoms with Crippen LogP contribution in [0.25, 0.3) is 11.1 Å². The lowest BCUT2D eigenvalue weighted by Crippen LogP contribution is -1.96. The molecule has 0 fully saturated rings. The quantitative estimate of drug-likeness (QED) is 0.843. The Morgan fingerprint density at radius 2 is 1.67 bits per heavy atom. The second kappa shape index (κ2) is 6.67. The molecule has 4 heteroatoms. The maximum absolute atomic E-state index is 8.79. The van der Waals surface area contributed by atoms with E-state index in [-0.39, 0.29) is 0 Å². The predicted octanol–water partition coefficient (Wildman–Crippen LogP) is 3.45. The van der Waals surface area contributed by atoms with Crippen molar-refractivity contribution in [3.05, 3.63) is 42.0 Å². The minimum atomic E-state index is 0.353. The second-order valence-corrected chi connectivity index (χ2v) is 4.41. The minimum Gasteiger partial charge on any atom is -0.496 e. The molecule has 0 aliphatic rings. The van der Waals surface area contributed by atoms with E-state index in [1.807, 2.05) is 36.4 Å². The number of benzene rings is 2. The lowest BCUT2D eigenvalue weighted by Gasteiger charge is -2.15. The van der Waals surface area contributed by atoms with Gasteiger partial charge in [0.15, 0.2) is 11.5 Å². The zero-order chi connectivity index (χ0) is 15.2.